The Labute approximate surface area is 112 Å². The zero-order valence-corrected chi connectivity index (χ0v) is 11.4. The molecule has 0 atom stereocenters. The number of carbonyl (C=O) groups is 1. The summed E-state index contributed by atoms with van der Waals surface area (Å²) in [6, 6.07) is 3.57. The molecule has 0 aliphatic rings. The molecule has 90 valence electrons. The number of thiazole rings is 1. The second-order valence-electron chi connectivity index (χ2n) is 3.33. The van der Waals surface area contributed by atoms with Gasteiger partial charge in [-0.3, -0.25) is 5.32 Å². The van der Waals surface area contributed by atoms with E-state index >= 15 is 0 Å². The van der Waals surface area contributed by atoms with Crippen LogP contribution in [0.2, 0.25) is 4.34 Å². The van der Waals surface area contributed by atoms with Gasteiger partial charge in [0.25, 0.3) is 0 Å². The highest BCUT2D eigenvalue weighted by molar-refractivity contribution is 7.16. The van der Waals surface area contributed by atoms with E-state index in [4.69, 9.17) is 11.6 Å². The van der Waals surface area contributed by atoms with E-state index in [0.717, 1.165) is 9.21 Å². The Balaban J connectivity index is 1.91. The molecule has 0 aliphatic heterocycles. The predicted octanol–water partition coefficient (Wildman–Crippen LogP) is 3.52. The lowest BCUT2D eigenvalue weighted by Crippen LogP contribution is -2.30. The van der Waals surface area contributed by atoms with Crippen molar-refractivity contribution in [1.29, 1.82) is 0 Å². The smallest absolute Gasteiger partial charge is 0.322 e. The third kappa shape index (κ3) is 3.42. The van der Waals surface area contributed by atoms with Crippen LogP contribution in [0.5, 0.6) is 0 Å². The fraction of sp³-hybridized carbons (Fsp3) is 0.200. The number of rotatable bonds is 3. The fourth-order valence-electron chi connectivity index (χ4n) is 1.21. The van der Waals surface area contributed by atoms with Crippen LogP contribution >= 0.6 is 34.3 Å². The van der Waals surface area contributed by atoms with Crippen LogP contribution in [0.3, 0.4) is 0 Å². The second-order valence-corrected chi connectivity index (χ2v) is 6.02. The van der Waals surface area contributed by atoms with Gasteiger partial charge in [-0.15, -0.1) is 22.7 Å². The average Bonchev–Trinajstić information content (AvgIpc) is 2.90. The number of anilines is 1. The van der Waals surface area contributed by atoms with E-state index in [0.29, 0.717) is 11.7 Å². The van der Waals surface area contributed by atoms with Gasteiger partial charge in [-0.2, -0.15) is 0 Å². The Bertz CT molecular complexity index is 497. The zero-order valence-electron chi connectivity index (χ0n) is 9.01. The first-order valence-electron chi connectivity index (χ1n) is 4.81. The van der Waals surface area contributed by atoms with E-state index in [-0.39, 0.29) is 6.03 Å². The summed E-state index contributed by atoms with van der Waals surface area (Å²) in [6.07, 6.45) is 1.65. The summed E-state index contributed by atoms with van der Waals surface area (Å²) in [5.41, 5.74) is 0. The lowest BCUT2D eigenvalue weighted by atomic mass is 10.4. The van der Waals surface area contributed by atoms with Crippen molar-refractivity contribution in [1.82, 2.24) is 9.88 Å². The lowest BCUT2D eigenvalue weighted by Gasteiger charge is -2.15. The molecule has 0 fully saturated rings. The number of nitrogens with zero attached hydrogens (tertiary/aromatic N) is 2. The van der Waals surface area contributed by atoms with E-state index in [1.54, 1.807) is 18.1 Å². The van der Waals surface area contributed by atoms with E-state index in [2.05, 4.69) is 10.3 Å². The molecule has 2 rings (SSSR count). The SMILES string of the molecule is CN(Cc1ccc(Cl)s1)C(=O)Nc1nccs1. The summed E-state index contributed by atoms with van der Waals surface area (Å²) in [5.74, 6) is 0. The van der Waals surface area contributed by atoms with Crippen LogP contribution < -0.4 is 5.32 Å². The van der Waals surface area contributed by atoms with Crippen molar-refractivity contribution in [2.24, 2.45) is 0 Å². The highest BCUT2D eigenvalue weighted by Gasteiger charge is 2.11. The fourth-order valence-corrected chi connectivity index (χ4v) is 2.87. The molecule has 7 heteroatoms. The Morgan fingerprint density at radius 3 is 3.00 bits per heavy atom. The van der Waals surface area contributed by atoms with Crippen molar-refractivity contribution < 1.29 is 4.79 Å². The van der Waals surface area contributed by atoms with Crippen LogP contribution in [-0.4, -0.2) is 23.0 Å². The molecule has 0 radical (unpaired) electrons. The molecular weight excluding hydrogens is 278 g/mol. The molecule has 2 amide bonds. The van der Waals surface area contributed by atoms with E-state index < -0.39 is 0 Å². The van der Waals surface area contributed by atoms with Gasteiger partial charge in [0.1, 0.15) is 0 Å². The van der Waals surface area contributed by atoms with Crippen LogP contribution in [0.15, 0.2) is 23.7 Å². The van der Waals surface area contributed by atoms with Crippen molar-refractivity contribution >= 4 is 45.4 Å². The standard InChI is InChI=1S/C10H10ClN3OS2/c1-14(6-7-2-3-8(11)17-7)10(15)13-9-12-4-5-16-9/h2-5H,6H2,1H3,(H,12,13,15). The molecule has 0 aliphatic carbocycles. The van der Waals surface area contributed by atoms with Crippen molar-refractivity contribution in [2.75, 3.05) is 12.4 Å². The van der Waals surface area contributed by atoms with Gasteiger partial charge in [-0.1, -0.05) is 11.6 Å². The van der Waals surface area contributed by atoms with Crippen molar-refractivity contribution in [3.8, 4) is 0 Å². The number of carbonyl (C=O) groups excluding carboxylic acids is 1. The summed E-state index contributed by atoms with van der Waals surface area (Å²) in [5, 5.41) is 5.13. The maximum absolute atomic E-state index is 11.8. The predicted molar refractivity (Wildman–Crippen MR) is 71.9 cm³/mol. The van der Waals surface area contributed by atoms with Crippen LogP contribution in [0.1, 0.15) is 4.88 Å². The molecule has 0 bridgehead atoms. The van der Waals surface area contributed by atoms with Gasteiger partial charge < -0.3 is 4.90 Å². The molecule has 0 spiro atoms. The molecule has 2 aromatic rings. The van der Waals surface area contributed by atoms with Crippen LogP contribution in [0, 0.1) is 0 Å². The number of urea groups is 1. The number of hydrogen-bond acceptors (Lipinski definition) is 4. The molecule has 2 heterocycles. The highest BCUT2D eigenvalue weighted by atomic mass is 35.5. The number of thiophene rings is 1. The first-order valence-corrected chi connectivity index (χ1v) is 6.88. The minimum absolute atomic E-state index is 0.176. The number of amides is 2. The summed E-state index contributed by atoms with van der Waals surface area (Å²) >= 11 is 8.69. The molecular formula is C10H10ClN3OS2. The molecule has 0 saturated carbocycles. The van der Waals surface area contributed by atoms with Gasteiger partial charge in [0.05, 0.1) is 10.9 Å². The summed E-state index contributed by atoms with van der Waals surface area (Å²) in [4.78, 5) is 18.4. The van der Waals surface area contributed by atoms with E-state index in [9.17, 15) is 4.79 Å². The molecule has 0 saturated heterocycles. The maximum Gasteiger partial charge on any atom is 0.323 e. The molecule has 1 N–H and O–H groups in total. The molecule has 4 nitrogen and oxygen atoms in total. The van der Waals surface area contributed by atoms with Crippen LogP contribution in [0.4, 0.5) is 9.93 Å². The van der Waals surface area contributed by atoms with Gasteiger partial charge in [0.15, 0.2) is 5.13 Å². The van der Waals surface area contributed by atoms with Crippen molar-refractivity contribution in [2.45, 2.75) is 6.54 Å². The number of hydrogen-bond donors (Lipinski definition) is 1. The van der Waals surface area contributed by atoms with Gasteiger partial charge in [0, 0.05) is 23.5 Å². The lowest BCUT2D eigenvalue weighted by molar-refractivity contribution is 0.221. The molecule has 0 aromatic carbocycles. The maximum atomic E-state index is 11.8. The third-order valence-electron chi connectivity index (χ3n) is 2.01. The number of halogens is 1. The Kier molecular flexibility index (Phi) is 3.98. The van der Waals surface area contributed by atoms with Gasteiger partial charge >= 0.3 is 6.03 Å². The minimum Gasteiger partial charge on any atom is -0.322 e. The van der Waals surface area contributed by atoms with E-state index in [1.807, 2.05) is 17.5 Å². The van der Waals surface area contributed by atoms with Gasteiger partial charge in [0.2, 0.25) is 0 Å². The summed E-state index contributed by atoms with van der Waals surface area (Å²) < 4.78 is 0.730. The van der Waals surface area contributed by atoms with Crippen LogP contribution in [0.25, 0.3) is 0 Å². The normalized spacial score (nSPS) is 10.2. The monoisotopic (exact) mass is 287 g/mol. The number of nitrogens with one attached hydrogen (secondary N) is 1. The second kappa shape index (κ2) is 5.48. The van der Waals surface area contributed by atoms with Gasteiger partial charge in [-0.05, 0) is 12.1 Å². The Hall–Kier alpha value is -1.11. The number of aromatic nitrogens is 1. The topological polar surface area (TPSA) is 45.2 Å². The summed E-state index contributed by atoms with van der Waals surface area (Å²) in [6.45, 7) is 0.536. The first kappa shape index (κ1) is 12.3. The zero-order chi connectivity index (χ0) is 12.3. The third-order valence-corrected chi connectivity index (χ3v) is 3.92. The average molecular weight is 288 g/mol. The van der Waals surface area contributed by atoms with E-state index in [1.165, 1.54) is 22.7 Å². The van der Waals surface area contributed by atoms with Crippen LogP contribution in [-0.2, 0) is 6.54 Å². The summed E-state index contributed by atoms with van der Waals surface area (Å²) in [7, 11) is 1.73. The van der Waals surface area contributed by atoms with Gasteiger partial charge in [-0.25, -0.2) is 9.78 Å². The molecule has 0 unspecified atom stereocenters. The highest BCUT2D eigenvalue weighted by Crippen LogP contribution is 2.22. The molecule has 2 aromatic heterocycles. The Morgan fingerprint density at radius 2 is 2.41 bits per heavy atom. The minimum atomic E-state index is -0.176. The first-order chi connectivity index (χ1) is 8.15. The van der Waals surface area contributed by atoms with Crippen molar-refractivity contribution in [3.05, 3.63) is 32.9 Å². The van der Waals surface area contributed by atoms with Crippen molar-refractivity contribution in [3.63, 3.8) is 0 Å². The molecule has 17 heavy (non-hydrogen) atoms. The largest absolute Gasteiger partial charge is 0.323 e. The Morgan fingerprint density at radius 1 is 1.59 bits per heavy atom. The quantitative estimate of drug-likeness (QED) is 0.939.